The molecule has 6 heteroatoms. The zero-order valence-electron chi connectivity index (χ0n) is 10.3. The topological polar surface area (TPSA) is 86.3 Å². The third kappa shape index (κ3) is 2.59. The molecule has 0 bridgehead atoms. The molecule has 98 valence electrons. The fraction of sp³-hybridized carbons (Fsp3) is 0.583. The van der Waals surface area contributed by atoms with Gasteiger partial charge in [0.25, 0.3) is 11.5 Å². The second-order valence-electron chi connectivity index (χ2n) is 4.58. The van der Waals surface area contributed by atoms with Crippen LogP contribution in [0.25, 0.3) is 0 Å². The number of hydrogen-bond acceptors (Lipinski definition) is 4. The average molecular weight is 251 g/mol. The maximum absolute atomic E-state index is 12.1. The smallest absolute Gasteiger partial charge is 0.274 e. The SMILES string of the molecule is CCC1CN(C(=O)c2ccc(=O)[nH]n2)CCC1O. The molecule has 2 N–H and O–H groups in total. The van der Waals surface area contributed by atoms with E-state index in [2.05, 4.69) is 10.2 Å². The number of aliphatic hydroxyl groups excluding tert-OH is 1. The summed E-state index contributed by atoms with van der Waals surface area (Å²) < 4.78 is 0. The Hall–Kier alpha value is -1.69. The number of nitrogens with zero attached hydrogens (tertiary/aromatic N) is 2. The first-order valence-electron chi connectivity index (χ1n) is 6.15. The van der Waals surface area contributed by atoms with Gasteiger partial charge in [-0.05, 0) is 18.9 Å². The van der Waals surface area contributed by atoms with Crippen LogP contribution in [0.1, 0.15) is 30.3 Å². The summed E-state index contributed by atoms with van der Waals surface area (Å²) in [5.41, 5.74) is -0.0899. The van der Waals surface area contributed by atoms with E-state index in [1.807, 2.05) is 6.92 Å². The highest BCUT2D eigenvalue weighted by Gasteiger charge is 2.29. The summed E-state index contributed by atoms with van der Waals surface area (Å²) in [4.78, 5) is 24.7. The molecule has 2 unspecified atom stereocenters. The van der Waals surface area contributed by atoms with Crippen LogP contribution in [0.5, 0.6) is 0 Å². The Balaban J connectivity index is 2.10. The lowest BCUT2D eigenvalue weighted by atomic mass is 9.92. The zero-order chi connectivity index (χ0) is 13.1. The van der Waals surface area contributed by atoms with Gasteiger partial charge in [-0.25, -0.2) is 5.10 Å². The van der Waals surface area contributed by atoms with Gasteiger partial charge in [-0.15, -0.1) is 0 Å². The monoisotopic (exact) mass is 251 g/mol. The molecule has 1 fully saturated rings. The van der Waals surface area contributed by atoms with Gasteiger partial charge in [-0.3, -0.25) is 9.59 Å². The van der Waals surface area contributed by atoms with Crippen molar-refractivity contribution in [3.63, 3.8) is 0 Å². The van der Waals surface area contributed by atoms with Gasteiger partial charge in [0.1, 0.15) is 5.69 Å². The first kappa shape index (κ1) is 12.8. The highest BCUT2D eigenvalue weighted by atomic mass is 16.3. The van der Waals surface area contributed by atoms with Crippen molar-refractivity contribution in [1.82, 2.24) is 15.1 Å². The molecule has 1 aliphatic heterocycles. The molecule has 1 amide bonds. The molecule has 0 spiro atoms. The van der Waals surface area contributed by atoms with E-state index >= 15 is 0 Å². The van der Waals surface area contributed by atoms with Crippen LogP contribution in [-0.2, 0) is 0 Å². The van der Waals surface area contributed by atoms with Gasteiger partial charge in [0, 0.05) is 25.1 Å². The van der Waals surface area contributed by atoms with Crippen molar-refractivity contribution in [2.45, 2.75) is 25.9 Å². The van der Waals surface area contributed by atoms with Crippen molar-refractivity contribution in [1.29, 1.82) is 0 Å². The number of hydrogen-bond donors (Lipinski definition) is 2. The lowest BCUT2D eigenvalue weighted by molar-refractivity contribution is 0.0225. The van der Waals surface area contributed by atoms with Crippen LogP contribution in [0.4, 0.5) is 0 Å². The number of piperidine rings is 1. The van der Waals surface area contributed by atoms with Crippen molar-refractivity contribution in [3.8, 4) is 0 Å². The fourth-order valence-corrected chi connectivity index (χ4v) is 2.23. The third-order valence-electron chi connectivity index (χ3n) is 3.40. The van der Waals surface area contributed by atoms with E-state index in [0.29, 0.717) is 19.5 Å². The number of carbonyl (C=O) groups excluding carboxylic acids is 1. The van der Waals surface area contributed by atoms with Gasteiger partial charge in [0.05, 0.1) is 6.10 Å². The van der Waals surface area contributed by atoms with Crippen LogP contribution in [0.2, 0.25) is 0 Å². The van der Waals surface area contributed by atoms with E-state index in [9.17, 15) is 14.7 Å². The zero-order valence-corrected chi connectivity index (χ0v) is 10.3. The van der Waals surface area contributed by atoms with E-state index in [0.717, 1.165) is 6.42 Å². The third-order valence-corrected chi connectivity index (χ3v) is 3.40. The summed E-state index contributed by atoms with van der Waals surface area (Å²) in [7, 11) is 0. The van der Waals surface area contributed by atoms with Crippen LogP contribution >= 0.6 is 0 Å². The van der Waals surface area contributed by atoms with Crippen molar-refractivity contribution in [3.05, 3.63) is 28.2 Å². The first-order valence-corrected chi connectivity index (χ1v) is 6.15. The van der Waals surface area contributed by atoms with Gasteiger partial charge in [-0.1, -0.05) is 6.92 Å². The highest BCUT2D eigenvalue weighted by Crippen LogP contribution is 2.20. The fourth-order valence-electron chi connectivity index (χ4n) is 2.23. The van der Waals surface area contributed by atoms with E-state index in [4.69, 9.17) is 0 Å². The molecule has 1 saturated heterocycles. The maximum Gasteiger partial charge on any atom is 0.274 e. The van der Waals surface area contributed by atoms with Crippen molar-refractivity contribution >= 4 is 5.91 Å². The summed E-state index contributed by atoms with van der Waals surface area (Å²) in [6.45, 7) is 3.06. The molecule has 0 radical (unpaired) electrons. The Kier molecular flexibility index (Phi) is 3.76. The molecule has 2 atom stereocenters. The summed E-state index contributed by atoms with van der Waals surface area (Å²) in [5, 5.41) is 15.8. The average Bonchev–Trinajstić information content (AvgIpc) is 2.39. The standard InChI is InChI=1S/C12H17N3O3/c1-2-8-7-15(6-5-10(8)16)12(18)9-3-4-11(17)14-13-9/h3-4,8,10,16H,2,5-7H2,1H3,(H,14,17). The van der Waals surface area contributed by atoms with Gasteiger partial charge in [0.2, 0.25) is 0 Å². The quantitative estimate of drug-likeness (QED) is 0.774. The van der Waals surface area contributed by atoms with Crippen LogP contribution in [0.3, 0.4) is 0 Å². The van der Waals surface area contributed by atoms with E-state index in [1.165, 1.54) is 12.1 Å². The van der Waals surface area contributed by atoms with Gasteiger partial charge < -0.3 is 10.0 Å². The number of H-pyrrole nitrogens is 1. The van der Waals surface area contributed by atoms with Crippen molar-refractivity contribution in [2.75, 3.05) is 13.1 Å². The summed E-state index contributed by atoms with van der Waals surface area (Å²) in [5.74, 6) is -0.0814. The number of carbonyl (C=O) groups is 1. The van der Waals surface area contributed by atoms with Gasteiger partial charge in [0.15, 0.2) is 0 Å². The maximum atomic E-state index is 12.1. The molecule has 2 rings (SSSR count). The van der Waals surface area contributed by atoms with Crippen LogP contribution in [0, 0.1) is 5.92 Å². The van der Waals surface area contributed by atoms with E-state index in [1.54, 1.807) is 4.90 Å². The van der Waals surface area contributed by atoms with Crippen molar-refractivity contribution in [2.24, 2.45) is 5.92 Å². The Morgan fingerprint density at radius 3 is 3.00 bits per heavy atom. The molecule has 0 aromatic carbocycles. The summed E-state index contributed by atoms with van der Waals surface area (Å²) in [6, 6.07) is 2.71. The molecule has 6 nitrogen and oxygen atoms in total. The lowest BCUT2D eigenvalue weighted by Crippen LogP contribution is -2.46. The van der Waals surface area contributed by atoms with E-state index < -0.39 is 0 Å². The minimum absolute atomic E-state index is 0.116. The molecule has 1 aliphatic rings. The number of aromatic amines is 1. The Bertz CT molecular complexity index is 465. The molecule has 1 aromatic rings. The van der Waals surface area contributed by atoms with Gasteiger partial charge in [-0.2, -0.15) is 5.10 Å². The van der Waals surface area contributed by atoms with Crippen LogP contribution < -0.4 is 5.56 Å². The van der Waals surface area contributed by atoms with E-state index in [-0.39, 0.29) is 29.2 Å². The number of amides is 1. The summed E-state index contributed by atoms with van der Waals surface area (Å²) in [6.07, 6.45) is 1.10. The second kappa shape index (κ2) is 5.30. The molecule has 0 saturated carbocycles. The van der Waals surface area contributed by atoms with Crippen molar-refractivity contribution < 1.29 is 9.90 Å². The number of nitrogens with one attached hydrogen (secondary N) is 1. The Morgan fingerprint density at radius 2 is 2.39 bits per heavy atom. The first-order chi connectivity index (χ1) is 8.61. The minimum Gasteiger partial charge on any atom is -0.393 e. The molecule has 18 heavy (non-hydrogen) atoms. The Morgan fingerprint density at radius 1 is 1.61 bits per heavy atom. The predicted octanol–water partition coefficient (Wildman–Crippen LogP) is 0.00290. The molecule has 0 aliphatic carbocycles. The molecule has 2 heterocycles. The minimum atomic E-state index is -0.331. The predicted molar refractivity (Wildman–Crippen MR) is 65.2 cm³/mol. The second-order valence-corrected chi connectivity index (χ2v) is 4.58. The number of aliphatic hydroxyl groups is 1. The van der Waals surface area contributed by atoms with Crippen LogP contribution in [-0.4, -0.2) is 45.3 Å². The highest BCUT2D eigenvalue weighted by molar-refractivity contribution is 5.92. The summed E-state index contributed by atoms with van der Waals surface area (Å²) >= 11 is 0. The molecule has 1 aromatic heterocycles. The number of likely N-dealkylation sites (tertiary alicyclic amines) is 1. The van der Waals surface area contributed by atoms with Gasteiger partial charge >= 0.3 is 0 Å². The normalized spacial score (nSPS) is 24.0. The molecular weight excluding hydrogens is 234 g/mol. The number of rotatable bonds is 2. The lowest BCUT2D eigenvalue weighted by Gasteiger charge is -2.35. The molecular formula is C12H17N3O3. The largest absolute Gasteiger partial charge is 0.393 e. The van der Waals surface area contributed by atoms with Crippen LogP contribution in [0.15, 0.2) is 16.9 Å². The Labute approximate surface area is 105 Å². The number of aromatic nitrogens is 2.